The van der Waals surface area contributed by atoms with Crippen molar-refractivity contribution < 1.29 is 8.81 Å². The highest BCUT2D eigenvalue weighted by Gasteiger charge is 2.10. The van der Waals surface area contributed by atoms with Gasteiger partial charge in [-0.05, 0) is 42.8 Å². The number of rotatable bonds is 1. The minimum absolute atomic E-state index is 0.285. The third-order valence-corrected chi connectivity index (χ3v) is 2.88. The molecule has 1 heterocycles. The van der Waals surface area contributed by atoms with Crippen LogP contribution in [0.5, 0.6) is 0 Å². The first-order valence-corrected chi connectivity index (χ1v) is 5.69. The van der Waals surface area contributed by atoms with E-state index in [0.29, 0.717) is 11.4 Å². The monoisotopic (exact) mass is 241 g/mol. The van der Waals surface area contributed by atoms with Crippen LogP contribution in [0.3, 0.4) is 0 Å². The maximum atomic E-state index is 13.6. The Morgan fingerprint density at radius 1 is 1.11 bits per heavy atom. The summed E-state index contributed by atoms with van der Waals surface area (Å²) in [5.41, 5.74) is 8.67. The molecule has 0 saturated carbocycles. The van der Waals surface area contributed by atoms with Gasteiger partial charge in [0.2, 0.25) is 0 Å². The van der Waals surface area contributed by atoms with Crippen molar-refractivity contribution in [3.63, 3.8) is 0 Å². The number of halogens is 1. The number of nitrogens with two attached hydrogens (primary N) is 1. The van der Waals surface area contributed by atoms with Crippen molar-refractivity contribution in [2.75, 3.05) is 5.73 Å². The number of para-hydroxylation sites is 1. The minimum atomic E-state index is -0.348. The lowest BCUT2D eigenvalue weighted by Crippen LogP contribution is -1.86. The molecule has 0 unspecified atom stereocenters. The summed E-state index contributed by atoms with van der Waals surface area (Å²) in [6.45, 7) is 1.96. The molecule has 3 heteroatoms. The molecule has 1 aromatic heterocycles. The number of anilines is 1. The van der Waals surface area contributed by atoms with Crippen molar-refractivity contribution >= 4 is 16.7 Å². The van der Waals surface area contributed by atoms with Gasteiger partial charge in [-0.25, -0.2) is 4.39 Å². The Morgan fingerprint density at radius 3 is 2.67 bits per heavy atom. The Balaban J connectivity index is 2.22. The average Bonchev–Trinajstić information content (AvgIpc) is 2.73. The van der Waals surface area contributed by atoms with E-state index in [0.717, 1.165) is 16.5 Å². The molecule has 0 aliphatic heterocycles. The van der Waals surface area contributed by atoms with Crippen LogP contribution in [0, 0.1) is 12.7 Å². The van der Waals surface area contributed by atoms with Gasteiger partial charge in [-0.2, -0.15) is 0 Å². The van der Waals surface area contributed by atoms with Crippen LogP contribution in [0.25, 0.3) is 22.3 Å². The largest absolute Gasteiger partial charge is 0.453 e. The summed E-state index contributed by atoms with van der Waals surface area (Å²) in [6, 6.07) is 12.4. The molecule has 18 heavy (non-hydrogen) atoms. The minimum Gasteiger partial charge on any atom is -0.453 e. The number of fused-ring (bicyclic) bond motifs is 1. The van der Waals surface area contributed by atoms with Crippen LogP contribution in [0.4, 0.5) is 10.1 Å². The topological polar surface area (TPSA) is 39.2 Å². The molecule has 0 aliphatic rings. The van der Waals surface area contributed by atoms with E-state index in [9.17, 15) is 4.39 Å². The van der Waals surface area contributed by atoms with E-state index in [-0.39, 0.29) is 11.4 Å². The molecule has 2 N–H and O–H groups in total. The zero-order valence-electron chi connectivity index (χ0n) is 9.91. The number of benzene rings is 2. The fraction of sp³-hybridized carbons (Fsp3) is 0.0667. The first kappa shape index (κ1) is 10.8. The fourth-order valence-corrected chi connectivity index (χ4v) is 2.12. The van der Waals surface area contributed by atoms with Gasteiger partial charge >= 0.3 is 0 Å². The SMILES string of the molecule is Cc1cc(N)cc(-c2cc3cccc(F)c3o2)c1. The van der Waals surface area contributed by atoms with E-state index in [2.05, 4.69) is 0 Å². The van der Waals surface area contributed by atoms with Crippen molar-refractivity contribution in [2.45, 2.75) is 6.92 Å². The lowest BCUT2D eigenvalue weighted by molar-refractivity contribution is 0.569. The molecule has 3 rings (SSSR count). The molecule has 0 saturated heterocycles. The van der Waals surface area contributed by atoms with Gasteiger partial charge in [-0.1, -0.05) is 12.1 Å². The van der Waals surface area contributed by atoms with E-state index >= 15 is 0 Å². The summed E-state index contributed by atoms with van der Waals surface area (Å²) in [5.74, 6) is 0.282. The summed E-state index contributed by atoms with van der Waals surface area (Å²) >= 11 is 0. The number of nitrogen functional groups attached to an aromatic ring is 1. The summed E-state index contributed by atoms with van der Waals surface area (Å²) in [5, 5.41) is 0.755. The van der Waals surface area contributed by atoms with E-state index in [1.54, 1.807) is 6.07 Å². The van der Waals surface area contributed by atoms with E-state index in [1.807, 2.05) is 37.3 Å². The summed E-state index contributed by atoms with van der Waals surface area (Å²) in [4.78, 5) is 0. The van der Waals surface area contributed by atoms with Crippen LogP contribution in [-0.2, 0) is 0 Å². The second-order valence-corrected chi connectivity index (χ2v) is 4.40. The molecule has 0 bridgehead atoms. The normalized spacial score (nSPS) is 11.0. The Morgan fingerprint density at radius 2 is 1.94 bits per heavy atom. The third kappa shape index (κ3) is 1.74. The Hall–Kier alpha value is -2.29. The molecule has 2 nitrogen and oxygen atoms in total. The molecule has 0 radical (unpaired) electrons. The van der Waals surface area contributed by atoms with E-state index < -0.39 is 0 Å². The number of aryl methyl sites for hydroxylation is 1. The van der Waals surface area contributed by atoms with Crippen molar-refractivity contribution in [1.82, 2.24) is 0 Å². The van der Waals surface area contributed by atoms with Crippen molar-refractivity contribution in [3.8, 4) is 11.3 Å². The highest BCUT2D eigenvalue weighted by atomic mass is 19.1. The summed E-state index contributed by atoms with van der Waals surface area (Å²) in [6.07, 6.45) is 0. The average molecular weight is 241 g/mol. The van der Waals surface area contributed by atoms with Gasteiger partial charge in [0.15, 0.2) is 11.4 Å². The number of hydrogen-bond acceptors (Lipinski definition) is 2. The second kappa shape index (κ2) is 3.88. The third-order valence-electron chi connectivity index (χ3n) is 2.88. The van der Waals surface area contributed by atoms with Gasteiger partial charge in [-0.15, -0.1) is 0 Å². The predicted molar refractivity (Wildman–Crippen MR) is 70.8 cm³/mol. The van der Waals surface area contributed by atoms with Gasteiger partial charge in [0.25, 0.3) is 0 Å². The molecule has 0 aliphatic carbocycles. The van der Waals surface area contributed by atoms with Gasteiger partial charge in [0.05, 0.1) is 0 Å². The van der Waals surface area contributed by atoms with Crippen LogP contribution in [0.1, 0.15) is 5.56 Å². The fourth-order valence-electron chi connectivity index (χ4n) is 2.12. The second-order valence-electron chi connectivity index (χ2n) is 4.40. The number of furan rings is 1. The van der Waals surface area contributed by atoms with Crippen molar-refractivity contribution in [3.05, 3.63) is 53.8 Å². The molecule has 3 aromatic rings. The van der Waals surface area contributed by atoms with Gasteiger partial charge in [0, 0.05) is 16.6 Å². The predicted octanol–water partition coefficient (Wildman–Crippen LogP) is 4.13. The van der Waals surface area contributed by atoms with Crippen molar-refractivity contribution in [1.29, 1.82) is 0 Å². The lowest BCUT2D eigenvalue weighted by atomic mass is 10.1. The first-order valence-electron chi connectivity index (χ1n) is 5.69. The van der Waals surface area contributed by atoms with Crippen molar-refractivity contribution in [2.24, 2.45) is 0 Å². The maximum Gasteiger partial charge on any atom is 0.170 e. The quantitative estimate of drug-likeness (QED) is 0.650. The molecule has 0 amide bonds. The Kier molecular flexibility index (Phi) is 2.33. The standard InChI is InChI=1S/C15H12FNO/c1-9-5-11(7-12(17)6-9)14-8-10-3-2-4-13(16)15(10)18-14/h2-8H,17H2,1H3. The van der Waals surface area contributed by atoms with E-state index in [4.69, 9.17) is 10.2 Å². The molecular formula is C15H12FNO. The Labute approximate surface area is 104 Å². The molecule has 2 aromatic carbocycles. The molecule has 0 atom stereocenters. The van der Waals surface area contributed by atoms with Crippen LogP contribution in [0.15, 0.2) is 46.9 Å². The first-order chi connectivity index (χ1) is 8.63. The van der Waals surface area contributed by atoms with Gasteiger partial charge < -0.3 is 10.2 Å². The van der Waals surface area contributed by atoms with Crippen LogP contribution < -0.4 is 5.73 Å². The summed E-state index contributed by atoms with van der Waals surface area (Å²) < 4.78 is 19.1. The van der Waals surface area contributed by atoms with Gasteiger partial charge in [-0.3, -0.25) is 0 Å². The van der Waals surface area contributed by atoms with Crippen LogP contribution in [-0.4, -0.2) is 0 Å². The van der Waals surface area contributed by atoms with Gasteiger partial charge in [0.1, 0.15) is 5.76 Å². The molecule has 0 spiro atoms. The Bertz CT molecular complexity index is 710. The summed E-state index contributed by atoms with van der Waals surface area (Å²) in [7, 11) is 0. The van der Waals surface area contributed by atoms with Crippen LogP contribution >= 0.6 is 0 Å². The maximum absolute atomic E-state index is 13.6. The smallest absolute Gasteiger partial charge is 0.170 e. The molecule has 90 valence electrons. The molecule has 0 fully saturated rings. The molecular weight excluding hydrogens is 229 g/mol. The van der Waals surface area contributed by atoms with Crippen LogP contribution in [0.2, 0.25) is 0 Å². The number of hydrogen-bond donors (Lipinski definition) is 1. The zero-order valence-corrected chi connectivity index (χ0v) is 9.91. The van der Waals surface area contributed by atoms with E-state index in [1.165, 1.54) is 6.07 Å². The highest BCUT2D eigenvalue weighted by molar-refractivity contribution is 5.83. The highest BCUT2D eigenvalue weighted by Crippen LogP contribution is 2.30. The lowest BCUT2D eigenvalue weighted by Gasteiger charge is -2.01. The zero-order chi connectivity index (χ0) is 12.7.